The van der Waals surface area contributed by atoms with E-state index in [4.69, 9.17) is 5.73 Å². The van der Waals surface area contributed by atoms with Crippen molar-refractivity contribution in [1.29, 1.82) is 0 Å². The number of carbonyl (C=O) groups is 1. The van der Waals surface area contributed by atoms with Gasteiger partial charge in [0.15, 0.2) is 0 Å². The van der Waals surface area contributed by atoms with Crippen LogP contribution < -0.4 is 5.73 Å². The summed E-state index contributed by atoms with van der Waals surface area (Å²) in [6, 6.07) is 1.70. The number of anilines is 1. The summed E-state index contributed by atoms with van der Waals surface area (Å²) in [5.41, 5.74) is 6.78. The van der Waals surface area contributed by atoms with Crippen molar-refractivity contribution in [2.24, 2.45) is 5.92 Å². The zero-order valence-electron chi connectivity index (χ0n) is 8.99. The van der Waals surface area contributed by atoms with Crippen LogP contribution in [0.2, 0.25) is 0 Å². The number of nitrogens with one attached hydrogen (secondary N) is 1. The summed E-state index contributed by atoms with van der Waals surface area (Å²) >= 11 is 0. The summed E-state index contributed by atoms with van der Waals surface area (Å²) in [5, 5.41) is 0. The molecule has 1 aliphatic heterocycles. The average molecular weight is 207 g/mol. The van der Waals surface area contributed by atoms with E-state index in [1.165, 1.54) is 0 Å². The smallest absolute Gasteiger partial charge is 0.270 e. The van der Waals surface area contributed by atoms with Crippen LogP contribution in [0.3, 0.4) is 0 Å². The number of nitrogens with two attached hydrogens (primary N) is 1. The van der Waals surface area contributed by atoms with E-state index in [0.717, 1.165) is 25.9 Å². The van der Waals surface area contributed by atoms with E-state index >= 15 is 0 Å². The highest BCUT2D eigenvalue weighted by molar-refractivity contribution is 5.93. The number of amides is 1. The summed E-state index contributed by atoms with van der Waals surface area (Å²) in [7, 11) is 0. The van der Waals surface area contributed by atoms with Crippen molar-refractivity contribution in [1.82, 2.24) is 9.88 Å². The normalized spacial score (nSPS) is 20.9. The maximum Gasteiger partial charge on any atom is 0.270 e. The van der Waals surface area contributed by atoms with Crippen LogP contribution in [-0.2, 0) is 0 Å². The highest BCUT2D eigenvalue weighted by Crippen LogP contribution is 2.21. The van der Waals surface area contributed by atoms with E-state index in [1.807, 2.05) is 4.90 Å². The SMILES string of the molecule is CCC1CCN(C(=O)c2cc(N)c[nH]2)C1. The van der Waals surface area contributed by atoms with Crippen LogP contribution in [0.1, 0.15) is 30.3 Å². The number of hydrogen-bond acceptors (Lipinski definition) is 2. The van der Waals surface area contributed by atoms with Gasteiger partial charge >= 0.3 is 0 Å². The van der Waals surface area contributed by atoms with E-state index in [0.29, 0.717) is 17.3 Å². The van der Waals surface area contributed by atoms with E-state index in [-0.39, 0.29) is 5.91 Å². The van der Waals surface area contributed by atoms with Crippen molar-refractivity contribution in [2.45, 2.75) is 19.8 Å². The number of aromatic amines is 1. The van der Waals surface area contributed by atoms with Crippen molar-refractivity contribution in [3.05, 3.63) is 18.0 Å². The van der Waals surface area contributed by atoms with E-state index < -0.39 is 0 Å². The molecule has 15 heavy (non-hydrogen) atoms. The van der Waals surface area contributed by atoms with Gasteiger partial charge in [-0.1, -0.05) is 13.3 Å². The first-order valence-corrected chi connectivity index (χ1v) is 5.44. The molecule has 0 spiro atoms. The molecule has 1 aromatic rings. The molecule has 0 aliphatic carbocycles. The quantitative estimate of drug-likeness (QED) is 0.771. The number of likely N-dealkylation sites (tertiary alicyclic amines) is 1. The second-order valence-corrected chi connectivity index (χ2v) is 4.16. The lowest BCUT2D eigenvalue weighted by atomic mass is 10.1. The Morgan fingerprint density at radius 1 is 1.73 bits per heavy atom. The summed E-state index contributed by atoms with van der Waals surface area (Å²) in [6.45, 7) is 3.93. The van der Waals surface area contributed by atoms with Gasteiger partial charge in [-0.25, -0.2) is 0 Å². The second kappa shape index (κ2) is 3.96. The summed E-state index contributed by atoms with van der Waals surface area (Å²) < 4.78 is 0. The molecule has 1 saturated heterocycles. The monoisotopic (exact) mass is 207 g/mol. The van der Waals surface area contributed by atoms with E-state index in [1.54, 1.807) is 12.3 Å². The van der Waals surface area contributed by atoms with Gasteiger partial charge in [-0.05, 0) is 18.4 Å². The number of aromatic nitrogens is 1. The Bertz CT molecular complexity index is 358. The Labute approximate surface area is 89.5 Å². The molecular weight excluding hydrogens is 190 g/mol. The lowest BCUT2D eigenvalue weighted by Gasteiger charge is -2.14. The summed E-state index contributed by atoms with van der Waals surface area (Å²) in [6.07, 6.45) is 3.93. The first-order valence-electron chi connectivity index (χ1n) is 5.44. The summed E-state index contributed by atoms with van der Waals surface area (Å²) in [5.74, 6) is 0.740. The molecule has 82 valence electrons. The zero-order chi connectivity index (χ0) is 10.8. The molecule has 0 bridgehead atoms. The first kappa shape index (κ1) is 10.1. The largest absolute Gasteiger partial charge is 0.397 e. The second-order valence-electron chi connectivity index (χ2n) is 4.16. The maximum absolute atomic E-state index is 12.0. The van der Waals surface area contributed by atoms with E-state index in [2.05, 4.69) is 11.9 Å². The van der Waals surface area contributed by atoms with Gasteiger partial charge in [0.05, 0.1) is 0 Å². The molecule has 2 rings (SSSR count). The number of H-pyrrole nitrogens is 1. The topological polar surface area (TPSA) is 62.1 Å². The fraction of sp³-hybridized carbons (Fsp3) is 0.545. The van der Waals surface area contributed by atoms with Gasteiger partial charge < -0.3 is 15.6 Å². The van der Waals surface area contributed by atoms with Crippen LogP contribution in [0.15, 0.2) is 12.3 Å². The average Bonchev–Trinajstić information content (AvgIpc) is 2.84. The maximum atomic E-state index is 12.0. The van der Waals surface area contributed by atoms with Crippen LogP contribution >= 0.6 is 0 Å². The van der Waals surface area contributed by atoms with Gasteiger partial charge in [0.1, 0.15) is 5.69 Å². The number of rotatable bonds is 2. The van der Waals surface area contributed by atoms with Gasteiger partial charge in [-0.15, -0.1) is 0 Å². The lowest BCUT2D eigenvalue weighted by molar-refractivity contribution is 0.0782. The number of hydrogen-bond donors (Lipinski definition) is 2. The van der Waals surface area contributed by atoms with Crippen LogP contribution in [0.25, 0.3) is 0 Å². The third kappa shape index (κ3) is 1.98. The predicted octanol–water partition coefficient (Wildman–Crippen LogP) is 1.47. The number of nitrogen functional groups attached to an aromatic ring is 1. The van der Waals surface area contributed by atoms with Crippen molar-refractivity contribution in [3.63, 3.8) is 0 Å². The van der Waals surface area contributed by atoms with Crippen molar-refractivity contribution < 1.29 is 4.79 Å². The molecule has 4 nitrogen and oxygen atoms in total. The molecule has 3 N–H and O–H groups in total. The van der Waals surface area contributed by atoms with Gasteiger partial charge in [-0.2, -0.15) is 0 Å². The highest BCUT2D eigenvalue weighted by atomic mass is 16.2. The number of carbonyl (C=O) groups excluding carboxylic acids is 1. The molecule has 4 heteroatoms. The number of nitrogens with zero attached hydrogens (tertiary/aromatic N) is 1. The lowest BCUT2D eigenvalue weighted by Crippen LogP contribution is -2.28. The minimum Gasteiger partial charge on any atom is -0.397 e. The van der Waals surface area contributed by atoms with Crippen LogP contribution in [0.5, 0.6) is 0 Å². The molecule has 1 atom stereocenters. The van der Waals surface area contributed by atoms with Crippen LogP contribution in [-0.4, -0.2) is 28.9 Å². The van der Waals surface area contributed by atoms with Crippen molar-refractivity contribution in [3.8, 4) is 0 Å². The molecule has 1 aliphatic rings. The molecule has 0 radical (unpaired) electrons. The Morgan fingerprint density at radius 3 is 3.07 bits per heavy atom. The fourth-order valence-electron chi connectivity index (χ4n) is 2.06. The molecular formula is C11H17N3O. The third-order valence-corrected chi connectivity index (χ3v) is 3.09. The zero-order valence-corrected chi connectivity index (χ0v) is 8.99. The van der Waals surface area contributed by atoms with Gasteiger partial charge in [0, 0.05) is 25.0 Å². The van der Waals surface area contributed by atoms with Gasteiger partial charge in [-0.3, -0.25) is 4.79 Å². The van der Waals surface area contributed by atoms with E-state index in [9.17, 15) is 4.79 Å². The first-order chi connectivity index (χ1) is 7.20. The third-order valence-electron chi connectivity index (χ3n) is 3.09. The minimum atomic E-state index is 0.0719. The Hall–Kier alpha value is -1.45. The van der Waals surface area contributed by atoms with Crippen LogP contribution in [0, 0.1) is 5.92 Å². The Kier molecular flexibility index (Phi) is 2.66. The van der Waals surface area contributed by atoms with Gasteiger partial charge in [0.2, 0.25) is 0 Å². The molecule has 1 fully saturated rings. The standard InChI is InChI=1S/C11H17N3O/c1-2-8-3-4-14(7-8)11(15)10-5-9(12)6-13-10/h5-6,8,13H,2-4,7,12H2,1H3. The minimum absolute atomic E-state index is 0.0719. The van der Waals surface area contributed by atoms with Crippen LogP contribution in [0.4, 0.5) is 5.69 Å². The molecule has 2 heterocycles. The molecule has 1 aromatic heterocycles. The fourth-order valence-corrected chi connectivity index (χ4v) is 2.06. The van der Waals surface area contributed by atoms with Crippen molar-refractivity contribution in [2.75, 3.05) is 18.8 Å². The molecule has 0 saturated carbocycles. The molecule has 0 aromatic carbocycles. The highest BCUT2D eigenvalue weighted by Gasteiger charge is 2.26. The van der Waals surface area contributed by atoms with Crippen molar-refractivity contribution >= 4 is 11.6 Å². The molecule has 1 amide bonds. The Morgan fingerprint density at radius 2 is 2.53 bits per heavy atom. The van der Waals surface area contributed by atoms with Gasteiger partial charge in [0.25, 0.3) is 5.91 Å². The Balaban J connectivity index is 2.03. The predicted molar refractivity (Wildman–Crippen MR) is 59.5 cm³/mol. The molecule has 1 unspecified atom stereocenters. The summed E-state index contributed by atoms with van der Waals surface area (Å²) in [4.78, 5) is 16.8.